The molecule has 1 fully saturated rings. The Morgan fingerprint density at radius 1 is 1.17 bits per heavy atom. The zero-order chi connectivity index (χ0) is 25.9. The molecule has 0 unspecified atom stereocenters. The van der Waals surface area contributed by atoms with E-state index in [4.69, 9.17) is 9.47 Å². The van der Waals surface area contributed by atoms with Gasteiger partial charge in [-0.2, -0.15) is 13.2 Å². The summed E-state index contributed by atoms with van der Waals surface area (Å²) in [7, 11) is 3.03. The highest BCUT2D eigenvalue weighted by atomic mass is 19.4. The third-order valence-electron chi connectivity index (χ3n) is 6.02. The molecule has 0 radical (unpaired) electrons. The molecule has 1 amide bonds. The van der Waals surface area contributed by atoms with Crippen LogP contribution in [0.5, 0.6) is 0 Å². The van der Waals surface area contributed by atoms with Crippen LogP contribution in [0.25, 0.3) is 11.0 Å². The van der Waals surface area contributed by atoms with E-state index in [-0.39, 0.29) is 11.3 Å². The Balaban J connectivity index is 1.59. The first-order valence-corrected chi connectivity index (χ1v) is 11.4. The topological polar surface area (TPSA) is 98.6 Å². The van der Waals surface area contributed by atoms with Crippen molar-refractivity contribution in [2.75, 3.05) is 45.3 Å². The van der Waals surface area contributed by atoms with Crippen molar-refractivity contribution in [3.8, 4) is 0 Å². The Labute approximate surface area is 205 Å². The molecule has 1 saturated heterocycles. The first kappa shape index (κ1) is 25.6. The number of benzene rings is 1. The number of aromatic nitrogens is 3. The molecule has 192 valence electrons. The van der Waals surface area contributed by atoms with Gasteiger partial charge in [-0.1, -0.05) is 6.07 Å². The average Bonchev–Trinajstić information content (AvgIpc) is 3.17. The highest BCUT2D eigenvalue weighted by Gasteiger charge is 2.33. The fourth-order valence-corrected chi connectivity index (χ4v) is 4.08. The van der Waals surface area contributed by atoms with Crippen molar-refractivity contribution in [2.24, 2.45) is 7.05 Å². The van der Waals surface area contributed by atoms with E-state index in [1.54, 1.807) is 6.07 Å². The number of pyridine rings is 1. The second-order valence-electron chi connectivity index (χ2n) is 8.38. The van der Waals surface area contributed by atoms with Crippen LogP contribution in [-0.4, -0.2) is 71.3 Å². The standard InChI is InChI=1S/C24H26F3N5O4/c1-31-19-14-17(30-22(33)16-5-3-6-20(28-16)24(25,26)27)15(23(34)35-2)13-18(19)29-21(31)7-4-8-32-9-11-36-12-10-32/h3,5-6,13-14H,4,7-12H2,1-2H3,(H,30,33). The Morgan fingerprint density at radius 3 is 2.61 bits per heavy atom. The number of nitrogens with zero attached hydrogens (tertiary/aromatic N) is 4. The minimum absolute atomic E-state index is 0.0308. The number of amides is 1. The number of nitrogens with one attached hydrogen (secondary N) is 1. The van der Waals surface area contributed by atoms with Crippen molar-refractivity contribution >= 4 is 28.6 Å². The van der Waals surface area contributed by atoms with Crippen LogP contribution in [0.15, 0.2) is 30.3 Å². The molecule has 36 heavy (non-hydrogen) atoms. The predicted octanol–water partition coefficient (Wildman–Crippen LogP) is 3.29. The van der Waals surface area contributed by atoms with Gasteiger partial charge in [0.15, 0.2) is 0 Å². The van der Waals surface area contributed by atoms with Crippen LogP contribution in [0, 0.1) is 0 Å². The van der Waals surface area contributed by atoms with Gasteiger partial charge in [0.05, 0.1) is 42.6 Å². The van der Waals surface area contributed by atoms with Gasteiger partial charge in [-0.3, -0.25) is 9.69 Å². The number of aryl methyl sites for hydroxylation is 2. The fraction of sp³-hybridized carbons (Fsp3) is 0.417. The summed E-state index contributed by atoms with van der Waals surface area (Å²) in [6, 6.07) is 6.10. The Morgan fingerprint density at radius 2 is 1.92 bits per heavy atom. The molecule has 3 aromatic rings. The number of halogens is 3. The molecule has 0 aliphatic carbocycles. The van der Waals surface area contributed by atoms with Gasteiger partial charge in [-0.15, -0.1) is 0 Å². The van der Waals surface area contributed by atoms with Crippen molar-refractivity contribution in [1.29, 1.82) is 0 Å². The number of imidazole rings is 1. The number of rotatable bonds is 7. The monoisotopic (exact) mass is 505 g/mol. The van der Waals surface area contributed by atoms with E-state index in [1.165, 1.54) is 13.2 Å². The zero-order valence-electron chi connectivity index (χ0n) is 19.9. The summed E-state index contributed by atoms with van der Waals surface area (Å²) in [5, 5.41) is 2.51. The summed E-state index contributed by atoms with van der Waals surface area (Å²) in [4.78, 5) is 35.6. The van der Waals surface area contributed by atoms with Gasteiger partial charge in [-0.25, -0.2) is 14.8 Å². The van der Waals surface area contributed by atoms with Gasteiger partial charge in [0, 0.05) is 26.6 Å². The van der Waals surface area contributed by atoms with E-state index in [1.807, 2.05) is 11.6 Å². The zero-order valence-corrected chi connectivity index (χ0v) is 19.9. The summed E-state index contributed by atoms with van der Waals surface area (Å²) in [6.07, 6.45) is -3.11. The molecular weight excluding hydrogens is 479 g/mol. The third kappa shape index (κ3) is 5.65. The molecule has 1 aromatic carbocycles. The van der Waals surface area contributed by atoms with Gasteiger partial charge in [0.25, 0.3) is 5.91 Å². The lowest BCUT2D eigenvalue weighted by atomic mass is 10.1. The molecule has 2 aromatic heterocycles. The number of ether oxygens (including phenoxy) is 2. The van der Waals surface area contributed by atoms with Crippen LogP contribution in [0.2, 0.25) is 0 Å². The van der Waals surface area contributed by atoms with Gasteiger partial charge in [0.1, 0.15) is 17.2 Å². The van der Waals surface area contributed by atoms with Crippen molar-refractivity contribution in [2.45, 2.75) is 19.0 Å². The van der Waals surface area contributed by atoms with Gasteiger partial charge >= 0.3 is 12.1 Å². The minimum Gasteiger partial charge on any atom is -0.465 e. The van der Waals surface area contributed by atoms with Crippen LogP contribution in [-0.2, 0) is 29.1 Å². The fourth-order valence-electron chi connectivity index (χ4n) is 4.08. The molecule has 0 spiro atoms. The van der Waals surface area contributed by atoms with Crippen molar-refractivity contribution in [3.63, 3.8) is 0 Å². The Bertz CT molecular complexity index is 1270. The number of methoxy groups -OCH3 is 1. The van der Waals surface area contributed by atoms with E-state index < -0.39 is 29.4 Å². The first-order chi connectivity index (χ1) is 17.2. The van der Waals surface area contributed by atoms with Crippen LogP contribution < -0.4 is 5.32 Å². The number of fused-ring (bicyclic) bond motifs is 1. The predicted molar refractivity (Wildman–Crippen MR) is 125 cm³/mol. The molecule has 3 heterocycles. The third-order valence-corrected chi connectivity index (χ3v) is 6.02. The maximum Gasteiger partial charge on any atom is 0.433 e. The average molecular weight is 505 g/mol. The van der Waals surface area contributed by atoms with Crippen LogP contribution in [0.1, 0.15) is 38.8 Å². The summed E-state index contributed by atoms with van der Waals surface area (Å²) < 4.78 is 51.1. The molecule has 4 rings (SSSR count). The maximum absolute atomic E-state index is 13.0. The Hall–Kier alpha value is -3.51. The Kier molecular flexibility index (Phi) is 7.55. The SMILES string of the molecule is COC(=O)c1cc2nc(CCCN3CCOCC3)n(C)c2cc1NC(=O)c1cccc(C(F)(F)F)n1. The van der Waals surface area contributed by atoms with Gasteiger partial charge < -0.3 is 19.4 Å². The number of carbonyl (C=O) groups excluding carboxylic acids is 2. The molecule has 9 nitrogen and oxygen atoms in total. The van der Waals surface area contributed by atoms with Crippen molar-refractivity contribution in [1.82, 2.24) is 19.4 Å². The number of anilines is 1. The number of morpholine rings is 1. The van der Waals surface area contributed by atoms with Crippen molar-refractivity contribution < 1.29 is 32.2 Å². The van der Waals surface area contributed by atoms with Crippen LogP contribution >= 0.6 is 0 Å². The first-order valence-electron chi connectivity index (χ1n) is 11.4. The summed E-state index contributed by atoms with van der Waals surface area (Å²) in [6.45, 7) is 4.16. The molecule has 0 atom stereocenters. The number of alkyl halides is 3. The molecule has 0 bridgehead atoms. The van der Waals surface area contributed by atoms with E-state index in [9.17, 15) is 22.8 Å². The molecule has 1 aliphatic rings. The minimum atomic E-state index is -4.70. The molecular formula is C24H26F3N5O4. The highest BCUT2D eigenvalue weighted by molar-refractivity contribution is 6.09. The number of esters is 1. The molecule has 12 heteroatoms. The maximum atomic E-state index is 13.0. The lowest BCUT2D eigenvalue weighted by molar-refractivity contribution is -0.141. The number of carbonyl (C=O) groups is 2. The van der Waals surface area contributed by atoms with E-state index >= 15 is 0 Å². The second kappa shape index (κ2) is 10.6. The second-order valence-corrected chi connectivity index (χ2v) is 8.38. The highest BCUT2D eigenvalue weighted by Crippen LogP contribution is 2.29. The number of hydrogen-bond donors (Lipinski definition) is 1. The van der Waals surface area contributed by atoms with Gasteiger partial charge in [-0.05, 0) is 37.2 Å². The van der Waals surface area contributed by atoms with Crippen LogP contribution in [0.4, 0.5) is 18.9 Å². The number of hydrogen-bond acceptors (Lipinski definition) is 7. The van der Waals surface area contributed by atoms with E-state index in [2.05, 4.69) is 20.2 Å². The molecule has 0 saturated carbocycles. The van der Waals surface area contributed by atoms with E-state index in [0.717, 1.165) is 63.3 Å². The molecule has 1 aliphatic heterocycles. The lowest BCUT2D eigenvalue weighted by Crippen LogP contribution is -2.37. The smallest absolute Gasteiger partial charge is 0.433 e. The van der Waals surface area contributed by atoms with E-state index in [0.29, 0.717) is 17.5 Å². The molecule has 1 N–H and O–H groups in total. The van der Waals surface area contributed by atoms with Gasteiger partial charge in [0.2, 0.25) is 0 Å². The summed E-state index contributed by atoms with van der Waals surface area (Å²) in [5.41, 5.74) is -0.322. The quantitative estimate of drug-likeness (QED) is 0.492. The van der Waals surface area contributed by atoms with Crippen LogP contribution in [0.3, 0.4) is 0 Å². The largest absolute Gasteiger partial charge is 0.465 e. The summed E-state index contributed by atoms with van der Waals surface area (Å²) >= 11 is 0. The lowest BCUT2D eigenvalue weighted by Gasteiger charge is -2.26. The van der Waals surface area contributed by atoms with Crippen molar-refractivity contribution in [3.05, 3.63) is 53.1 Å². The normalized spacial score (nSPS) is 14.7. The summed E-state index contributed by atoms with van der Waals surface area (Å²) in [5.74, 6) is -0.806.